The first-order chi connectivity index (χ1) is 15.5. The third-order valence-corrected chi connectivity index (χ3v) is 5.26. The number of carbonyl (C=O) groups excluding carboxylic acids is 1. The molecule has 4 rings (SSSR count). The van der Waals surface area contributed by atoms with Gasteiger partial charge in [-0.25, -0.2) is 4.39 Å². The van der Waals surface area contributed by atoms with Crippen molar-refractivity contribution < 1.29 is 18.7 Å². The molecule has 162 valence electrons. The van der Waals surface area contributed by atoms with Crippen molar-refractivity contribution in [2.45, 2.75) is 13.5 Å². The molecule has 32 heavy (non-hydrogen) atoms. The fourth-order valence-electron chi connectivity index (χ4n) is 3.42. The number of methoxy groups -OCH3 is 1. The zero-order valence-electron chi connectivity index (χ0n) is 17.6. The van der Waals surface area contributed by atoms with Crippen molar-refractivity contribution in [3.05, 3.63) is 94.9 Å². The van der Waals surface area contributed by atoms with Crippen molar-refractivity contribution in [2.75, 3.05) is 12.0 Å². The lowest BCUT2D eigenvalue weighted by molar-refractivity contribution is -0.113. The largest absolute Gasteiger partial charge is 0.496 e. The Morgan fingerprint density at radius 3 is 2.62 bits per heavy atom. The van der Waals surface area contributed by atoms with Gasteiger partial charge in [-0.05, 0) is 72.7 Å². The average Bonchev–Trinajstić information content (AvgIpc) is 3.06. The fraction of sp³-hybridized carbons (Fsp3) is 0.120. The lowest BCUT2D eigenvalue weighted by Gasteiger charge is -2.14. The number of hydrogen-bond donors (Lipinski definition) is 1. The summed E-state index contributed by atoms with van der Waals surface area (Å²) in [4.78, 5) is 14.5. The molecule has 1 heterocycles. The van der Waals surface area contributed by atoms with E-state index in [0.717, 1.165) is 11.1 Å². The van der Waals surface area contributed by atoms with Gasteiger partial charge in [-0.3, -0.25) is 9.69 Å². The topological polar surface area (TPSA) is 50.8 Å². The minimum atomic E-state index is -0.435. The summed E-state index contributed by atoms with van der Waals surface area (Å²) < 4.78 is 24.9. The second-order valence-corrected chi connectivity index (χ2v) is 7.64. The highest BCUT2D eigenvalue weighted by Gasteiger charge is 2.32. The van der Waals surface area contributed by atoms with Gasteiger partial charge in [0.05, 0.1) is 12.8 Å². The van der Waals surface area contributed by atoms with E-state index in [-0.39, 0.29) is 18.3 Å². The first kappa shape index (κ1) is 21.5. The molecule has 0 aliphatic carbocycles. The normalized spacial score (nSPS) is 14.6. The van der Waals surface area contributed by atoms with Crippen LogP contribution in [0.5, 0.6) is 11.5 Å². The Labute approximate surface area is 191 Å². The zero-order chi connectivity index (χ0) is 22.7. The van der Waals surface area contributed by atoms with Gasteiger partial charge in [-0.15, -0.1) is 0 Å². The maximum absolute atomic E-state index is 13.9. The summed E-state index contributed by atoms with van der Waals surface area (Å²) in [6.07, 6.45) is 1.72. The minimum Gasteiger partial charge on any atom is -0.496 e. The van der Waals surface area contributed by atoms with Crippen molar-refractivity contribution >= 4 is 35.0 Å². The Hall–Kier alpha value is -3.71. The average molecular weight is 449 g/mol. The number of carbonyl (C=O) groups is 1. The van der Waals surface area contributed by atoms with Gasteiger partial charge in [0.1, 0.15) is 18.1 Å². The first-order valence-corrected chi connectivity index (χ1v) is 10.3. The van der Waals surface area contributed by atoms with Crippen LogP contribution in [0.4, 0.5) is 10.1 Å². The van der Waals surface area contributed by atoms with Gasteiger partial charge in [0.15, 0.2) is 16.7 Å². The zero-order valence-corrected chi connectivity index (χ0v) is 18.4. The molecule has 0 spiro atoms. The van der Waals surface area contributed by atoms with Gasteiger partial charge < -0.3 is 14.8 Å². The highest BCUT2D eigenvalue weighted by molar-refractivity contribution is 7.80. The molecule has 7 heteroatoms. The molecule has 0 radical (unpaired) electrons. The third-order valence-electron chi connectivity index (χ3n) is 4.97. The van der Waals surface area contributed by atoms with Crippen LogP contribution in [0.3, 0.4) is 0 Å². The minimum absolute atomic E-state index is 0.107. The predicted molar refractivity (Wildman–Crippen MR) is 126 cm³/mol. The molecule has 1 amide bonds. The van der Waals surface area contributed by atoms with E-state index in [0.29, 0.717) is 27.8 Å². The number of benzene rings is 3. The van der Waals surface area contributed by atoms with Crippen molar-refractivity contribution in [2.24, 2.45) is 0 Å². The number of para-hydroxylation sites is 1. The third kappa shape index (κ3) is 4.48. The van der Waals surface area contributed by atoms with E-state index < -0.39 is 5.82 Å². The second-order valence-electron chi connectivity index (χ2n) is 7.26. The van der Waals surface area contributed by atoms with Crippen LogP contribution in [0.1, 0.15) is 16.7 Å². The first-order valence-electron chi connectivity index (χ1n) is 9.94. The van der Waals surface area contributed by atoms with Crippen LogP contribution < -0.4 is 19.7 Å². The summed E-state index contributed by atoms with van der Waals surface area (Å²) in [5.41, 5.74) is 3.58. The summed E-state index contributed by atoms with van der Waals surface area (Å²) in [6, 6.07) is 19.2. The maximum Gasteiger partial charge on any atom is 0.281 e. The smallest absolute Gasteiger partial charge is 0.281 e. The molecule has 0 aromatic heterocycles. The molecule has 0 atom stereocenters. The lowest BCUT2D eigenvalue weighted by atomic mass is 10.1. The van der Waals surface area contributed by atoms with Crippen molar-refractivity contribution in [1.29, 1.82) is 0 Å². The molecule has 1 saturated heterocycles. The van der Waals surface area contributed by atoms with Crippen molar-refractivity contribution in [3.8, 4) is 11.5 Å². The van der Waals surface area contributed by atoms with Gasteiger partial charge >= 0.3 is 0 Å². The van der Waals surface area contributed by atoms with E-state index in [1.807, 2.05) is 43.3 Å². The standard InChI is InChI=1S/C25H21FN2O3S/c1-16-6-5-7-19(12-16)28-24(29)21(27-25(28)32)14-17-10-11-22(30-2)18(13-17)15-31-23-9-4-3-8-20(23)26/h3-14H,15H2,1-2H3,(H,27,32)/b21-14+. The van der Waals surface area contributed by atoms with E-state index in [9.17, 15) is 9.18 Å². The van der Waals surface area contributed by atoms with E-state index >= 15 is 0 Å². The summed E-state index contributed by atoms with van der Waals surface area (Å²) in [7, 11) is 1.56. The maximum atomic E-state index is 13.9. The van der Waals surface area contributed by atoms with Gasteiger partial charge in [0, 0.05) is 5.56 Å². The van der Waals surface area contributed by atoms with Crippen molar-refractivity contribution in [3.63, 3.8) is 0 Å². The molecule has 3 aromatic rings. The molecule has 3 aromatic carbocycles. The van der Waals surface area contributed by atoms with Crippen LogP contribution in [-0.4, -0.2) is 18.1 Å². The molecule has 5 nitrogen and oxygen atoms in total. The Kier molecular flexibility index (Phi) is 6.18. The summed E-state index contributed by atoms with van der Waals surface area (Å²) in [5.74, 6) is 0.0898. The lowest BCUT2D eigenvalue weighted by Crippen LogP contribution is -2.30. The number of anilines is 1. The van der Waals surface area contributed by atoms with Crippen LogP contribution in [0.25, 0.3) is 6.08 Å². The van der Waals surface area contributed by atoms with Gasteiger partial charge in [-0.2, -0.15) is 0 Å². The molecule has 1 aliphatic heterocycles. The number of nitrogens with zero attached hydrogens (tertiary/aromatic N) is 1. The number of rotatable bonds is 6. The van der Waals surface area contributed by atoms with Gasteiger partial charge in [-0.1, -0.05) is 30.3 Å². The van der Waals surface area contributed by atoms with Crippen LogP contribution in [0.2, 0.25) is 0 Å². The Morgan fingerprint density at radius 1 is 1.06 bits per heavy atom. The highest BCUT2D eigenvalue weighted by atomic mass is 32.1. The van der Waals surface area contributed by atoms with Crippen molar-refractivity contribution in [1.82, 2.24) is 5.32 Å². The summed E-state index contributed by atoms with van der Waals surface area (Å²) in [6.45, 7) is 2.07. The molecular formula is C25H21FN2O3S. The number of thiocarbonyl (C=S) groups is 1. The highest BCUT2D eigenvalue weighted by Crippen LogP contribution is 2.27. The summed E-state index contributed by atoms with van der Waals surface area (Å²) in [5, 5.41) is 3.31. The number of ether oxygens (including phenoxy) is 2. The molecule has 0 unspecified atom stereocenters. The molecule has 1 aliphatic rings. The Morgan fingerprint density at radius 2 is 1.88 bits per heavy atom. The molecule has 1 N–H and O–H groups in total. The quantitative estimate of drug-likeness (QED) is 0.426. The van der Waals surface area contributed by atoms with Gasteiger partial charge in [0.25, 0.3) is 5.91 Å². The van der Waals surface area contributed by atoms with Crippen LogP contribution in [-0.2, 0) is 11.4 Å². The Balaban J connectivity index is 1.58. The molecular weight excluding hydrogens is 427 g/mol. The number of hydrogen-bond acceptors (Lipinski definition) is 4. The van der Waals surface area contributed by atoms with E-state index in [1.54, 1.807) is 37.5 Å². The number of aryl methyl sites for hydroxylation is 1. The summed E-state index contributed by atoms with van der Waals surface area (Å²) >= 11 is 5.39. The van der Waals surface area contributed by atoms with E-state index in [2.05, 4.69) is 5.32 Å². The van der Waals surface area contributed by atoms with E-state index in [4.69, 9.17) is 21.7 Å². The number of halogens is 1. The van der Waals surface area contributed by atoms with Crippen LogP contribution >= 0.6 is 12.2 Å². The van der Waals surface area contributed by atoms with E-state index in [1.165, 1.54) is 11.0 Å². The number of nitrogens with one attached hydrogen (secondary N) is 1. The Bertz CT molecular complexity index is 1230. The SMILES string of the molecule is COc1ccc(/C=C2/NC(=S)N(c3cccc(C)c3)C2=O)cc1COc1ccccc1F. The van der Waals surface area contributed by atoms with Crippen LogP contribution in [0, 0.1) is 12.7 Å². The monoisotopic (exact) mass is 448 g/mol. The number of amides is 1. The fourth-order valence-corrected chi connectivity index (χ4v) is 3.72. The second kappa shape index (κ2) is 9.20. The molecule has 0 bridgehead atoms. The molecule has 1 fully saturated rings. The predicted octanol–water partition coefficient (Wildman–Crippen LogP) is 4.98. The molecule has 0 saturated carbocycles. The van der Waals surface area contributed by atoms with Crippen LogP contribution in [0.15, 0.2) is 72.4 Å². The van der Waals surface area contributed by atoms with Gasteiger partial charge in [0.2, 0.25) is 0 Å².